The first-order chi connectivity index (χ1) is 12.1. The molecule has 1 heterocycles. The van der Waals surface area contributed by atoms with Crippen molar-refractivity contribution in [3.05, 3.63) is 35.4 Å². The van der Waals surface area contributed by atoms with Crippen molar-refractivity contribution in [2.24, 2.45) is 11.8 Å². The van der Waals surface area contributed by atoms with Gasteiger partial charge >= 0.3 is 5.97 Å². The van der Waals surface area contributed by atoms with E-state index < -0.39 is 0 Å². The smallest absolute Gasteiger partial charge is 0.310 e. The number of benzene rings is 1. The van der Waals surface area contributed by atoms with Crippen LogP contribution in [0.3, 0.4) is 0 Å². The molecule has 1 saturated heterocycles. The SMILES string of the molecule is COC(=O)C(CNC(=O)CCC1CCNCC1)Cc1cccc(C)c1.Cl. The number of hydrogen-bond donors (Lipinski definition) is 2. The van der Waals surface area contributed by atoms with Gasteiger partial charge in [-0.15, -0.1) is 12.4 Å². The van der Waals surface area contributed by atoms with Gasteiger partial charge in [0.25, 0.3) is 0 Å². The molecule has 1 aromatic rings. The summed E-state index contributed by atoms with van der Waals surface area (Å²) in [5.41, 5.74) is 2.24. The standard InChI is InChI=1S/C20H30N2O3.ClH/c1-15-4-3-5-17(12-15)13-18(20(24)25-2)14-22-19(23)7-6-16-8-10-21-11-9-16;/h3-5,12,16,18,21H,6-11,13-14H2,1-2H3,(H,22,23);1H. The zero-order valence-electron chi connectivity index (χ0n) is 15.8. The highest BCUT2D eigenvalue weighted by Gasteiger charge is 2.21. The van der Waals surface area contributed by atoms with Crippen LogP contribution in [-0.4, -0.2) is 38.6 Å². The molecule has 6 heteroatoms. The normalized spacial score (nSPS) is 15.6. The minimum atomic E-state index is -0.352. The van der Waals surface area contributed by atoms with Gasteiger partial charge in [0.1, 0.15) is 0 Å². The highest BCUT2D eigenvalue weighted by molar-refractivity contribution is 5.85. The van der Waals surface area contributed by atoms with E-state index in [9.17, 15) is 9.59 Å². The van der Waals surface area contributed by atoms with Gasteiger partial charge < -0.3 is 15.4 Å². The molecule has 0 aliphatic carbocycles. The van der Waals surface area contributed by atoms with Crippen molar-refractivity contribution in [2.75, 3.05) is 26.7 Å². The number of amides is 1. The van der Waals surface area contributed by atoms with Crippen molar-refractivity contribution in [1.29, 1.82) is 0 Å². The second kappa shape index (κ2) is 11.9. The van der Waals surface area contributed by atoms with Gasteiger partial charge in [-0.25, -0.2) is 0 Å². The molecule has 0 spiro atoms. The third-order valence-corrected chi connectivity index (χ3v) is 4.88. The van der Waals surface area contributed by atoms with Crippen molar-refractivity contribution < 1.29 is 14.3 Å². The average molecular weight is 383 g/mol. The predicted molar refractivity (Wildman–Crippen MR) is 105 cm³/mol. The Labute approximate surface area is 162 Å². The molecule has 0 saturated carbocycles. The molecule has 5 nitrogen and oxygen atoms in total. The molecule has 1 unspecified atom stereocenters. The molecule has 1 atom stereocenters. The molecule has 26 heavy (non-hydrogen) atoms. The van der Waals surface area contributed by atoms with Gasteiger partial charge in [0.05, 0.1) is 13.0 Å². The first-order valence-electron chi connectivity index (χ1n) is 9.19. The first-order valence-corrected chi connectivity index (χ1v) is 9.19. The number of aryl methyl sites for hydroxylation is 1. The summed E-state index contributed by atoms with van der Waals surface area (Å²) in [6.45, 7) is 4.45. The molecule has 1 aromatic carbocycles. The minimum absolute atomic E-state index is 0. The van der Waals surface area contributed by atoms with Crippen molar-refractivity contribution in [3.63, 3.8) is 0 Å². The summed E-state index contributed by atoms with van der Waals surface area (Å²) >= 11 is 0. The molecule has 0 aromatic heterocycles. The van der Waals surface area contributed by atoms with Gasteiger partial charge in [-0.2, -0.15) is 0 Å². The maximum atomic E-state index is 12.1. The van der Waals surface area contributed by atoms with Gasteiger partial charge in [-0.05, 0) is 57.2 Å². The largest absolute Gasteiger partial charge is 0.469 e. The summed E-state index contributed by atoms with van der Waals surface area (Å²) in [5, 5.41) is 6.25. The minimum Gasteiger partial charge on any atom is -0.469 e. The molecular weight excluding hydrogens is 352 g/mol. The quantitative estimate of drug-likeness (QED) is 0.678. The molecule has 146 valence electrons. The van der Waals surface area contributed by atoms with Crippen LogP contribution in [0.2, 0.25) is 0 Å². The number of carbonyl (C=O) groups excluding carboxylic acids is 2. The maximum absolute atomic E-state index is 12.1. The average Bonchev–Trinajstić information content (AvgIpc) is 2.63. The number of methoxy groups -OCH3 is 1. The Morgan fingerprint density at radius 3 is 2.69 bits per heavy atom. The van der Waals surface area contributed by atoms with Crippen LogP contribution in [0.5, 0.6) is 0 Å². The van der Waals surface area contributed by atoms with E-state index in [0.717, 1.165) is 43.5 Å². The fourth-order valence-electron chi connectivity index (χ4n) is 3.36. The van der Waals surface area contributed by atoms with E-state index in [4.69, 9.17) is 4.74 Å². The fourth-order valence-corrected chi connectivity index (χ4v) is 3.36. The van der Waals surface area contributed by atoms with Crippen LogP contribution in [0.25, 0.3) is 0 Å². The van der Waals surface area contributed by atoms with E-state index in [-0.39, 0.29) is 30.2 Å². The van der Waals surface area contributed by atoms with E-state index in [2.05, 4.69) is 16.7 Å². The van der Waals surface area contributed by atoms with Crippen LogP contribution >= 0.6 is 12.4 Å². The van der Waals surface area contributed by atoms with E-state index in [1.807, 2.05) is 25.1 Å². The molecule has 1 aliphatic heterocycles. The Bertz CT molecular complexity index is 574. The van der Waals surface area contributed by atoms with Crippen molar-refractivity contribution in [2.45, 2.75) is 39.0 Å². The van der Waals surface area contributed by atoms with Crippen LogP contribution in [0.15, 0.2) is 24.3 Å². The lowest BCUT2D eigenvalue weighted by molar-refractivity contribution is -0.145. The summed E-state index contributed by atoms with van der Waals surface area (Å²) in [4.78, 5) is 24.2. The Morgan fingerprint density at radius 1 is 1.31 bits per heavy atom. The van der Waals surface area contributed by atoms with E-state index in [1.54, 1.807) is 0 Å². The van der Waals surface area contributed by atoms with Crippen LogP contribution in [0, 0.1) is 18.8 Å². The monoisotopic (exact) mass is 382 g/mol. The molecule has 1 aliphatic rings. The number of hydrogen-bond acceptors (Lipinski definition) is 4. The summed E-state index contributed by atoms with van der Waals surface area (Å²) < 4.78 is 4.91. The number of halogens is 1. The second-order valence-electron chi connectivity index (χ2n) is 6.95. The van der Waals surface area contributed by atoms with Gasteiger partial charge in [0.2, 0.25) is 5.91 Å². The molecule has 1 fully saturated rings. The number of rotatable bonds is 8. The summed E-state index contributed by atoms with van der Waals surface area (Å²) in [7, 11) is 1.39. The fraction of sp³-hybridized carbons (Fsp3) is 0.600. The van der Waals surface area contributed by atoms with Gasteiger partial charge in [0, 0.05) is 13.0 Å². The number of esters is 1. The Hall–Kier alpha value is -1.59. The summed E-state index contributed by atoms with van der Waals surface area (Å²) in [5.74, 6) is 0.0298. The molecule has 0 bridgehead atoms. The topological polar surface area (TPSA) is 67.4 Å². The summed E-state index contributed by atoms with van der Waals surface area (Å²) in [6.07, 6.45) is 4.32. The molecule has 0 radical (unpaired) electrons. The van der Waals surface area contributed by atoms with Crippen molar-refractivity contribution in [1.82, 2.24) is 10.6 Å². The maximum Gasteiger partial charge on any atom is 0.310 e. The van der Waals surface area contributed by atoms with E-state index >= 15 is 0 Å². The molecule has 2 N–H and O–H groups in total. The molecule has 2 rings (SSSR count). The zero-order valence-corrected chi connectivity index (χ0v) is 16.6. The molecule has 1 amide bonds. The molecular formula is C20H31ClN2O3. The third kappa shape index (κ3) is 7.75. The van der Waals surface area contributed by atoms with Gasteiger partial charge in [-0.1, -0.05) is 29.8 Å². The Balaban J connectivity index is 0.00000338. The lowest BCUT2D eigenvalue weighted by atomic mass is 9.93. The number of carbonyl (C=O) groups is 2. The van der Waals surface area contributed by atoms with Crippen molar-refractivity contribution in [3.8, 4) is 0 Å². The van der Waals surface area contributed by atoms with Crippen LogP contribution in [0.1, 0.15) is 36.8 Å². The van der Waals surface area contributed by atoms with E-state index in [0.29, 0.717) is 25.3 Å². The van der Waals surface area contributed by atoms with Crippen LogP contribution < -0.4 is 10.6 Å². The van der Waals surface area contributed by atoms with Crippen molar-refractivity contribution >= 4 is 24.3 Å². The number of nitrogens with one attached hydrogen (secondary N) is 2. The van der Waals surface area contributed by atoms with Crippen LogP contribution in [-0.2, 0) is 20.7 Å². The predicted octanol–water partition coefficient (Wildman–Crippen LogP) is 2.64. The van der Waals surface area contributed by atoms with Crippen LogP contribution in [0.4, 0.5) is 0 Å². The highest BCUT2D eigenvalue weighted by Crippen LogP contribution is 2.17. The highest BCUT2D eigenvalue weighted by atomic mass is 35.5. The lowest BCUT2D eigenvalue weighted by Crippen LogP contribution is -2.35. The van der Waals surface area contributed by atoms with Gasteiger partial charge in [0.15, 0.2) is 0 Å². The zero-order chi connectivity index (χ0) is 18.1. The Kier molecular flexibility index (Phi) is 10.3. The first kappa shape index (κ1) is 22.5. The van der Waals surface area contributed by atoms with E-state index in [1.165, 1.54) is 7.11 Å². The lowest BCUT2D eigenvalue weighted by Gasteiger charge is -2.22. The number of piperidine rings is 1. The third-order valence-electron chi connectivity index (χ3n) is 4.88. The Morgan fingerprint density at radius 2 is 2.04 bits per heavy atom. The summed E-state index contributed by atoms with van der Waals surface area (Å²) in [6, 6.07) is 8.08. The second-order valence-corrected chi connectivity index (χ2v) is 6.95. The van der Waals surface area contributed by atoms with Gasteiger partial charge in [-0.3, -0.25) is 9.59 Å². The number of ether oxygens (including phenoxy) is 1.